The van der Waals surface area contributed by atoms with E-state index >= 15 is 0 Å². The Kier molecular flexibility index (Phi) is 6.47. The normalized spacial score (nSPS) is 11.5. The van der Waals surface area contributed by atoms with E-state index in [1.165, 1.54) is 0 Å². The molecular formula is C12H15N3O5S. The van der Waals surface area contributed by atoms with E-state index in [0.29, 0.717) is 12.1 Å². The Morgan fingerprint density at radius 3 is 2.71 bits per heavy atom. The molecule has 8 nitrogen and oxygen atoms in total. The van der Waals surface area contributed by atoms with Crippen LogP contribution in [0.2, 0.25) is 0 Å². The predicted molar refractivity (Wildman–Crippen MR) is 75.8 cm³/mol. The Bertz CT molecular complexity index is 543. The van der Waals surface area contributed by atoms with E-state index < -0.39 is 23.8 Å². The average Bonchev–Trinajstić information content (AvgIpc) is 2.83. The first-order valence-corrected chi connectivity index (χ1v) is 7.07. The van der Waals surface area contributed by atoms with Gasteiger partial charge in [-0.1, -0.05) is 0 Å². The molecule has 1 heterocycles. The quantitative estimate of drug-likeness (QED) is 0.542. The summed E-state index contributed by atoms with van der Waals surface area (Å²) in [7, 11) is 1.68. The van der Waals surface area contributed by atoms with Crippen LogP contribution < -0.4 is 10.6 Å². The summed E-state index contributed by atoms with van der Waals surface area (Å²) >= 11 is 1.01. The molecule has 0 radical (unpaired) electrons. The summed E-state index contributed by atoms with van der Waals surface area (Å²) in [5.74, 6) is -2.29. The maximum atomic E-state index is 11.7. The van der Waals surface area contributed by atoms with Crippen molar-refractivity contribution in [2.75, 3.05) is 11.5 Å². The first-order valence-electron chi connectivity index (χ1n) is 5.91. The first kappa shape index (κ1) is 16.8. The van der Waals surface area contributed by atoms with Crippen molar-refractivity contribution >= 4 is 36.0 Å². The number of aromatic nitrogens is 1. The van der Waals surface area contributed by atoms with E-state index in [0.717, 1.165) is 11.8 Å². The number of aliphatic carboxylic acids is 1. The van der Waals surface area contributed by atoms with Gasteiger partial charge in [0, 0.05) is 19.0 Å². The Morgan fingerprint density at radius 2 is 2.19 bits per heavy atom. The van der Waals surface area contributed by atoms with Crippen LogP contribution in [-0.2, 0) is 21.4 Å². The lowest BCUT2D eigenvalue weighted by Gasteiger charge is -2.10. The van der Waals surface area contributed by atoms with Gasteiger partial charge in [-0.2, -0.15) is 0 Å². The molecule has 1 rings (SSSR count). The molecule has 0 aliphatic heterocycles. The summed E-state index contributed by atoms with van der Waals surface area (Å²) in [5.41, 5.74) is 0.347. The van der Waals surface area contributed by atoms with E-state index in [-0.39, 0.29) is 11.5 Å². The SMILES string of the molecule is Cn1cccc1C(=O)NC(=O)CSCC(NC=O)C(=O)O. The summed E-state index contributed by atoms with van der Waals surface area (Å²) in [6.45, 7) is 0. The predicted octanol–water partition coefficient (Wildman–Crippen LogP) is -0.786. The van der Waals surface area contributed by atoms with Gasteiger partial charge in [-0.05, 0) is 12.1 Å². The van der Waals surface area contributed by atoms with Crippen molar-refractivity contribution in [3.8, 4) is 0 Å². The molecule has 3 amide bonds. The zero-order valence-electron chi connectivity index (χ0n) is 11.2. The number of carboxylic acids is 1. The van der Waals surface area contributed by atoms with Crippen LogP contribution in [0.1, 0.15) is 10.5 Å². The van der Waals surface area contributed by atoms with Crippen molar-refractivity contribution in [2.45, 2.75) is 6.04 Å². The van der Waals surface area contributed by atoms with Gasteiger partial charge in [0.15, 0.2) is 0 Å². The van der Waals surface area contributed by atoms with Crippen LogP contribution in [0.4, 0.5) is 0 Å². The van der Waals surface area contributed by atoms with Gasteiger partial charge in [-0.3, -0.25) is 19.7 Å². The minimum Gasteiger partial charge on any atom is -0.480 e. The highest BCUT2D eigenvalue weighted by Crippen LogP contribution is 2.04. The molecule has 1 aromatic rings. The van der Waals surface area contributed by atoms with Crippen molar-refractivity contribution in [3.05, 3.63) is 24.0 Å². The number of thioether (sulfide) groups is 1. The number of nitrogens with one attached hydrogen (secondary N) is 2. The number of nitrogens with zero attached hydrogens (tertiary/aromatic N) is 1. The summed E-state index contributed by atoms with van der Waals surface area (Å²) in [5, 5.41) is 13.1. The lowest BCUT2D eigenvalue weighted by atomic mass is 10.3. The van der Waals surface area contributed by atoms with Crippen LogP contribution in [0.25, 0.3) is 0 Å². The molecule has 3 N–H and O–H groups in total. The second-order valence-corrected chi connectivity index (χ2v) is 5.10. The fourth-order valence-electron chi connectivity index (χ4n) is 1.47. The van der Waals surface area contributed by atoms with Crippen LogP contribution in [0.5, 0.6) is 0 Å². The number of carbonyl (C=O) groups is 4. The first-order chi connectivity index (χ1) is 9.95. The maximum Gasteiger partial charge on any atom is 0.327 e. The summed E-state index contributed by atoms with van der Waals surface area (Å²) < 4.78 is 1.57. The number of carboxylic acid groups (broad SMARTS) is 1. The van der Waals surface area contributed by atoms with Crippen LogP contribution in [0, 0.1) is 0 Å². The van der Waals surface area contributed by atoms with Crippen LogP contribution in [-0.4, -0.2) is 51.4 Å². The lowest BCUT2D eigenvalue weighted by molar-refractivity contribution is -0.139. The summed E-state index contributed by atoms with van der Waals surface area (Å²) in [6.07, 6.45) is 1.97. The molecule has 1 aromatic heterocycles. The average molecular weight is 313 g/mol. The zero-order valence-corrected chi connectivity index (χ0v) is 12.1. The molecule has 0 aliphatic rings. The Balaban J connectivity index is 2.37. The fourth-order valence-corrected chi connectivity index (χ4v) is 2.32. The van der Waals surface area contributed by atoms with Crippen molar-refractivity contribution < 1.29 is 24.3 Å². The molecule has 1 atom stereocenters. The van der Waals surface area contributed by atoms with E-state index in [2.05, 4.69) is 10.6 Å². The zero-order chi connectivity index (χ0) is 15.8. The molecule has 0 bridgehead atoms. The number of carbonyl (C=O) groups excluding carboxylic acids is 3. The molecule has 0 aromatic carbocycles. The second kappa shape index (κ2) is 8.10. The van der Waals surface area contributed by atoms with E-state index in [1.54, 1.807) is 29.9 Å². The van der Waals surface area contributed by atoms with Gasteiger partial charge in [0.1, 0.15) is 11.7 Å². The van der Waals surface area contributed by atoms with Crippen LogP contribution in [0.3, 0.4) is 0 Å². The number of amides is 3. The highest BCUT2D eigenvalue weighted by molar-refractivity contribution is 8.00. The monoisotopic (exact) mass is 313 g/mol. The number of hydrogen-bond acceptors (Lipinski definition) is 5. The largest absolute Gasteiger partial charge is 0.480 e. The number of hydrogen-bond donors (Lipinski definition) is 3. The Hall–Kier alpha value is -2.29. The molecule has 21 heavy (non-hydrogen) atoms. The minimum absolute atomic E-state index is 0.0276. The van der Waals surface area contributed by atoms with Crippen LogP contribution >= 0.6 is 11.8 Å². The van der Waals surface area contributed by atoms with Gasteiger partial charge in [0.2, 0.25) is 12.3 Å². The minimum atomic E-state index is -1.19. The van der Waals surface area contributed by atoms with Gasteiger partial charge >= 0.3 is 5.97 Å². The van der Waals surface area contributed by atoms with E-state index in [9.17, 15) is 19.2 Å². The molecule has 1 unspecified atom stereocenters. The fraction of sp³-hybridized carbons (Fsp3) is 0.333. The number of aryl methyl sites for hydroxylation is 1. The third kappa shape index (κ3) is 5.30. The maximum absolute atomic E-state index is 11.7. The smallest absolute Gasteiger partial charge is 0.327 e. The molecule has 0 aliphatic carbocycles. The molecule has 114 valence electrons. The van der Waals surface area contributed by atoms with Gasteiger partial charge in [-0.25, -0.2) is 4.79 Å². The van der Waals surface area contributed by atoms with E-state index in [4.69, 9.17) is 5.11 Å². The molecular weight excluding hydrogens is 298 g/mol. The van der Waals surface area contributed by atoms with Crippen molar-refractivity contribution in [2.24, 2.45) is 7.05 Å². The van der Waals surface area contributed by atoms with Gasteiger partial charge in [-0.15, -0.1) is 11.8 Å². The highest BCUT2D eigenvalue weighted by Gasteiger charge is 2.18. The molecule has 0 saturated heterocycles. The summed E-state index contributed by atoms with van der Waals surface area (Å²) in [6, 6.07) is 2.19. The van der Waals surface area contributed by atoms with E-state index in [1.807, 2.05) is 0 Å². The summed E-state index contributed by atoms with van der Waals surface area (Å²) in [4.78, 5) is 44.3. The van der Waals surface area contributed by atoms with Crippen molar-refractivity contribution in [1.29, 1.82) is 0 Å². The van der Waals surface area contributed by atoms with Crippen molar-refractivity contribution in [1.82, 2.24) is 15.2 Å². The molecule has 0 fully saturated rings. The Morgan fingerprint density at radius 1 is 1.48 bits per heavy atom. The topological polar surface area (TPSA) is 118 Å². The third-order valence-corrected chi connectivity index (χ3v) is 3.55. The van der Waals surface area contributed by atoms with Gasteiger partial charge in [0.25, 0.3) is 5.91 Å². The number of imide groups is 1. The second-order valence-electron chi connectivity index (χ2n) is 4.07. The van der Waals surface area contributed by atoms with Gasteiger partial charge < -0.3 is 15.0 Å². The van der Waals surface area contributed by atoms with Crippen molar-refractivity contribution in [3.63, 3.8) is 0 Å². The van der Waals surface area contributed by atoms with Crippen LogP contribution in [0.15, 0.2) is 18.3 Å². The molecule has 9 heteroatoms. The molecule has 0 saturated carbocycles. The standard InChI is InChI=1S/C12H15N3O5S/c1-15-4-2-3-9(15)11(18)14-10(17)6-21-5-8(12(19)20)13-7-16/h2-4,7-8H,5-6H2,1H3,(H,13,16)(H,19,20)(H,14,17,18). The third-order valence-electron chi connectivity index (χ3n) is 2.51. The van der Waals surface area contributed by atoms with Gasteiger partial charge in [0.05, 0.1) is 5.75 Å². The Labute approximate surface area is 124 Å². The lowest BCUT2D eigenvalue weighted by Crippen LogP contribution is -2.38. The highest BCUT2D eigenvalue weighted by atomic mass is 32.2. The number of rotatable bonds is 8. The molecule has 0 spiro atoms.